The van der Waals surface area contributed by atoms with Gasteiger partial charge in [0.2, 0.25) is 0 Å². The monoisotopic (exact) mass is 202 g/mol. The predicted octanol–water partition coefficient (Wildman–Crippen LogP) is 3.43. The van der Waals surface area contributed by atoms with Crippen molar-refractivity contribution >= 4 is 11.0 Å². The molecule has 1 atom stereocenters. The van der Waals surface area contributed by atoms with Gasteiger partial charge in [-0.05, 0) is 18.9 Å². The van der Waals surface area contributed by atoms with Crippen molar-refractivity contribution in [3.8, 4) is 0 Å². The molecule has 0 aliphatic rings. The number of hydrogen-bond acceptors (Lipinski definition) is 2. The molecule has 1 unspecified atom stereocenters. The molecule has 1 aromatic heterocycles. The van der Waals surface area contributed by atoms with E-state index in [1.54, 1.807) is 6.26 Å². The van der Waals surface area contributed by atoms with Crippen LogP contribution in [-0.4, -0.2) is 5.11 Å². The van der Waals surface area contributed by atoms with Gasteiger partial charge in [-0.2, -0.15) is 0 Å². The van der Waals surface area contributed by atoms with Crippen molar-refractivity contribution in [2.45, 2.75) is 18.9 Å². The van der Waals surface area contributed by atoms with Crippen molar-refractivity contribution in [3.63, 3.8) is 0 Å². The summed E-state index contributed by atoms with van der Waals surface area (Å²) in [5, 5.41) is 10.9. The van der Waals surface area contributed by atoms with Crippen molar-refractivity contribution in [2.75, 3.05) is 0 Å². The highest BCUT2D eigenvalue weighted by atomic mass is 16.3. The number of aliphatic hydroxyl groups is 1. The summed E-state index contributed by atoms with van der Waals surface area (Å²) in [4.78, 5) is 0. The Morgan fingerprint density at radius 3 is 3.00 bits per heavy atom. The van der Waals surface area contributed by atoms with Gasteiger partial charge in [-0.1, -0.05) is 24.3 Å². The number of fused-ring (bicyclic) bond motifs is 1. The summed E-state index contributed by atoms with van der Waals surface area (Å²) >= 11 is 0. The van der Waals surface area contributed by atoms with Gasteiger partial charge < -0.3 is 9.52 Å². The standard InChI is InChI=1S/C13H14O2/c1-2-3-7-12(14)11-9-15-13-8-5-4-6-10(11)13/h2,4-6,8-9,12,14H,1,3,7H2. The van der Waals surface area contributed by atoms with Crippen molar-refractivity contribution in [1.82, 2.24) is 0 Å². The number of benzene rings is 1. The van der Waals surface area contributed by atoms with Crippen molar-refractivity contribution in [1.29, 1.82) is 0 Å². The Labute approximate surface area is 88.8 Å². The van der Waals surface area contributed by atoms with Crippen molar-refractivity contribution in [2.24, 2.45) is 0 Å². The van der Waals surface area contributed by atoms with E-state index in [4.69, 9.17) is 4.42 Å². The molecule has 1 aromatic carbocycles. The number of para-hydroxylation sites is 1. The van der Waals surface area contributed by atoms with E-state index in [-0.39, 0.29) is 0 Å². The van der Waals surface area contributed by atoms with Gasteiger partial charge in [0.1, 0.15) is 5.58 Å². The number of furan rings is 1. The van der Waals surface area contributed by atoms with Crippen LogP contribution >= 0.6 is 0 Å². The zero-order valence-electron chi connectivity index (χ0n) is 8.52. The van der Waals surface area contributed by atoms with Crippen molar-refractivity contribution < 1.29 is 9.52 Å². The molecule has 2 rings (SSSR count). The minimum absolute atomic E-state index is 0.466. The molecular weight excluding hydrogens is 188 g/mol. The summed E-state index contributed by atoms with van der Waals surface area (Å²) in [5.74, 6) is 0. The van der Waals surface area contributed by atoms with Crippen LogP contribution in [0.5, 0.6) is 0 Å². The van der Waals surface area contributed by atoms with Gasteiger partial charge in [0.05, 0.1) is 12.4 Å². The molecule has 0 spiro atoms. The fourth-order valence-electron chi connectivity index (χ4n) is 1.69. The number of hydrogen-bond donors (Lipinski definition) is 1. The third kappa shape index (κ3) is 1.95. The third-order valence-electron chi connectivity index (χ3n) is 2.51. The minimum Gasteiger partial charge on any atom is -0.464 e. The number of rotatable bonds is 4. The van der Waals surface area contributed by atoms with Gasteiger partial charge >= 0.3 is 0 Å². The van der Waals surface area contributed by atoms with Crippen LogP contribution in [0, 0.1) is 0 Å². The van der Waals surface area contributed by atoms with Gasteiger partial charge in [0.15, 0.2) is 0 Å². The first kappa shape index (κ1) is 9.99. The highest BCUT2D eigenvalue weighted by Gasteiger charge is 2.12. The fraction of sp³-hybridized carbons (Fsp3) is 0.231. The zero-order valence-corrected chi connectivity index (χ0v) is 8.52. The van der Waals surface area contributed by atoms with Crippen LogP contribution in [0.25, 0.3) is 11.0 Å². The molecule has 1 heterocycles. The van der Waals surface area contributed by atoms with Gasteiger partial charge in [-0.25, -0.2) is 0 Å². The largest absolute Gasteiger partial charge is 0.464 e. The van der Waals surface area contributed by atoms with E-state index in [1.165, 1.54) is 0 Å². The summed E-state index contributed by atoms with van der Waals surface area (Å²) in [6.45, 7) is 3.64. The molecule has 0 aliphatic carbocycles. The average molecular weight is 202 g/mol. The molecule has 0 bridgehead atoms. The van der Waals surface area contributed by atoms with Crippen molar-refractivity contribution in [3.05, 3.63) is 48.7 Å². The second-order valence-corrected chi connectivity index (χ2v) is 3.57. The van der Waals surface area contributed by atoms with Gasteiger partial charge in [-0.15, -0.1) is 6.58 Å². The minimum atomic E-state index is -0.466. The van der Waals surface area contributed by atoms with Crippen LogP contribution < -0.4 is 0 Å². The molecule has 0 saturated heterocycles. The molecule has 15 heavy (non-hydrogen) atoms. The van der Waals surface area contributed by atoms with Gasteiger partial charge in [-0.3, -0.25) is 0 Å². The Morgan fingerprint density at radius 2 is 2.20 bits per heavy atom. The molecule has 0 amide bonds. The Morgan fingerprint density at radius 1 is 1.40 bits per heavy atom. The molecule has 0 fully saturated rings. The molecule has 2 aromatic rings. The summed E-state index contributed by atoms with van der Waals surface area (Å²) < 4.78 is 5.36. The predicted molar refractivity (Wildman–Crippen MR) is 60.6 cm³/mol. The SMILES string of the molecule is C=CCCC(O)c1coc2ccccc12. The zero-order chi connectivity index (χ0) is 10.7. The lowest BCUT2D eigenvalue weighted by Crippen LogP contribution is -1.94. The summed E-state index contributed by atoms with van der Waals surface area (Å²) in [5.41, 5.74) is 1.69. The average Bonchev–Trinajstić information content (AvgIpc) is 2.69. The van der Waals surface area contributed by atoms with E-state index < -0.39 is 6.10 Å². The number of allylic oxidation sites excluding steroid dienone is 1. The Kier molecular flexibility index (Phi) is 2.88. The second-order valence-electron chi connectivity index (χ2n) is 3.57. The highest BCUT2D eigenvalue weighted by Crippen LogP contribution is 2.28. The summed E-state index contributed by atoms with van der Waals surface area (Å²) in [6, 6.07) is 7.73. The lowest BCUT2D eigenvalue weighted by Gasteiger charge is -2.06. The molecule has 0 saturated carbocycles. The fourth-order valence-corrected chi connectivity index (χ4v) is 1.69. The summed E-state index contributed by atoms with van der Waals surface area (Å²) in [6.07, 6.45) is 4.48. The van der Waals surface area contributed by atoms with Gasteiger partial charge in [0.25, 0.3) is 0 Å². The first-order valence-electron chi connectivity index (χ1n) is 5.08. The van der Waals surface area contributed by atoms with Crippen LogP contribution in [-0.2, 0) is 0 Å². The first-order valence-corrected chi connectivity index (χ1v) is 5.08. The molecule has 78 valence electrons. The van der Waals surface area contributed by atoms with Crippen LogP contribution in [0.2, 0.25) is 0 Å². The van der Waals surface area contributed by atoms with E-state index in [0.29, 0.717) is 6.42 Å². The third-order valence-corrected chi connectivity index (χ3v) is 2.51. The number of aliphatic hydroxyl groups excluding tert-OH is 1. The normalized spacial score (nSPS) is 12.9. The topological polar surface area (TPSA) is 33.4 Å². The molecule has 1 N–H and O–H groups in total. The quantitative estimate of drug-likeness (QED) is 0.770. The second kappa shape index (κ2) is 4.32. The summed E-state index contributed by atoms with van der Waals surface area (Å²) in [7, 11) is 0. The Balaban J connectivity index is 2.30. The Bertz CT molecular complexity index is 456. The maximum atomic E-state index is 9.93. The van der Waals surface area contributed by atoms with Crippen LogP contribution in [0.15, 0.2) is 47.6 Å². The van der Waals surface area contributed by atoms with Crippen LogP contribution in [0.1, 0.15) is 24.5 Å². The maximum absolute atomic E-state index is 9.93. The lowest BCUT2D eigenvalue weighted by atomic mass is 10.0. The van der Waals surface area contributed by atoms with E-state index >= 15 is 0 Å². The molecule has 0 radical (unpaired) electrons. The van der Waals surface area contributed by atoms with E-state index in [1.807, 2.05) is 30.3 Å². The Hall–Kier alpha value is -1.54. The molecule has 0 aliphatic heterocycles. The van der Waals surface area contributed by atoms with E-state index in [0.717, 1.165) is 23.0 Å². The molecular formula is C13H14O2. The molecule has 2 nitrogen and oxygen atoms in total. The first-order chi connectivity index (χ1) is 7.33. The van der Waals surface area contributed by atoms with Crippen LogP contribution in [0.3, 0.4) is 0 Å². The lowest BCUT2D eigenvalue weighted by molar-refractivity contribution is 0.169. The highest BCUT2D eigenvalue weighted by molar-refractivity contribution is 5.81. The van der Waals surface area contributed by atoms with Gasteiger partial charge in [0, 0.05) is 10.9 Å². The molecule has 2 heteroatoms. The smallest absolute Gasteiger partial charge is 0.134 e. The van der Waals surface area contributed by atoms with Crippen LogP contribution in [0.4, 0.5) is 0 Å². The maximum Gasteiger partial charge on any atom is 0.134 e. The van der Waals surface area contributed by atoms with E-state index in [9.17, 15) is 5.11 Å². The van der Waals surface area contributed by atoms with E-state index in [2.05, 4.69) is 6.58 Å².